The molecule has 2 heterocycles. The molecule has 0 atom stereocenters. The van der Waals surface area contributed by atoms with Crippen LogP contribution in [0.25, 0.3) is 22.2 Å². The quantitative estimate of drug-likeness (QED) is 0.582. The summed E-state index contributed by atoms with van der Waals surface area (Å²) in [5, 5.41) is 15.2. The van der Waals surface area contributed by atoms with Crippen molar-refractivity contribution in [3.05, 3.63) is 50.9 Å². The summed E-state index contributed by atoms with van der Waals surface area (Å²) in [4.78, 5) is 17.5. The Kier molecular flexibility index (Phi) is 5.23. The summed E-state index contributed by atoms with van der Waals surface area (Å²) >= 11 is 0. The Bertz CT molecular complexity index is 1120. The fourth-order valence-corrected chi connectivity index (χ4v) is 4.28. The number of pyridine rings is 1. The predicted octanol–water partition coefficient (Wildman–Crippen LogP) is 2.69. The van der Waals surface area contributed by atoms with Crippen LogP contribution in [-0.4, -0.2) is 46.7 Å². The zero-order chi connectivity index (χ0) is 20.7. The van der Waals surface area contributed by atoms with Gasteiger partial charge in [-0.05, 0) is 64.0 Å². The first-order valence-corrected chi connectivity index (χ1v) is 10.3. The molecule has 0 spiro atoms. The van der Waals surface area contributed by atoms with Gasteiger partial charge in [-0.15, -0.1) is 0 Å². The average molecular weight is 395 g/mol. The molecule has 2 aromatic heterocycles. The highest BCUT2D eigenvalue weighted by Gasteiger charge is 2.22. The van der Waals surface area contributed by atoms with Gasteiger partial charge >= 0.3 is 0 Å². The van der Waals surface area contributed by atoms with Gasteiger partial charge in [-0.25, -0.2) is 0 Å². The number of nitrogens with one attached hydrogen (secondary N) is 2. The Morgan fingerprint density at radius 3 is 2.79 bits per heavy atom. The monoisotopic (exact) mass is 394 g/mol. The maximum Gasteiger partial charge on any atom is 0.255 e. The first kappa shape index (κ1) is 19.7. The first-order valence-electron chi connectivity index (χ1n) is 10.3. The molecule has 154 valence electrons. The van der Waals surface area contributed by atoms with Gasteiger partial charge in [0.1, 0.15) is 5.75 Å². The minimum absolute atomic E-state index is 0.149. The number of hydrogen-bond acceptors (Lipinski definition) is 4. The summed E-state index contributed by atoms with van der Waals surface area (Å²) in [7, 11) is 6.26. The third-order valence-electron chi connectivity index (χ3n) is 6.07. The summed E-state index contributed by atoms with van der Waals surface area (Å²) < 4.78 is 2.25. The number of aromatic hydroxyl groups is 1. The minimum Gasteiger partial charge on any atom is -0.507 e. The Morgan fingerprint density at radius 1 is 1.24 bits per heavy atom. The van der Waals surface area contributed by atoms with Crippen molar-refractivity contribution in [3.8, 4) is 17.0 Å². The van der Waals surface area contributed by atoms with E-state index in [2.05, 4.69) is 59.1 Å². The normalized spacial score (nSPS) is 13.6. The standard InChI is InChI=1S/C23H30N4O2/c1-14-22(28)18-7-5-6-15-12-20-16(11-19(15)21(18)25-23(14)29)10-17(27(20)4)13-24-8-9-26(2)3/h10-12,24H,5-9,13H2,1-4H3,(H2,25,28,29). The minimum atomic E-state index is -0.215. The smallest absolute Gasteiger partial charge is 0.255 e. The molecule has 0 unspecified atom stereocenters. The third-order valence-corrected chi connectivity index (χ3v) is 6.07. The second-order valence-corrected chi connectivity index (χ2v) is 8.38. The van der Waals surface area contributed by atoms with Crippen LogP contribution >= 0.6 is 0 Å². The zero-order valence-electron chi connectivity index (χ0n) is 17.7. The fraction of sp³-hybridized carbons (Fsp3) is 0.435. The SMILES string of the molecule is Cc1c(O)c2c([nH]c1=O)-c1cc3cc(CNCCN(C)C)n(C)c3cc1CCC2. The van der Waals surface area contributed by atoms with Crippen LogP contribution in [-0.2, 0) is 26.4 Å². The van der Waals surface area contributed by atoms with E-state index in [-0.39, 0.29) is 11.3 Å². The highest BCUT2D eigenvalue weighted by Crippen LogP contribution is 2.38. The van der Waals surface area contributed by atoms with Gasteiger partial charge in [0.25, 0.3) is 5.56 Å². The molecule has 1 aromatic carbocycles. The maximum atomic E-state index is 12.3. The Labute approximate surface area is 171 Å². The van der Waals surface area contributed by atoms with Crippen molar-refractivity contribution in [1.29, 1.82) is 0 Å². The van der Waals surface area contributed by atoms with Gasteiger partial charge in [0.15, 0.2) is 0 Å². The third kappa shape index (κ3) is 3.58. The molecular formula is C23H30N4O2. The number of aromatic amines is 1. The van der Waals surface area contributed by atoms with Crippen molar-refractivity contribution in [2.24, 2.45) is 7.05 Å². The lowest BCUT2D eigenvalue weighted by Gasteiger charge is -2.13. The number of nitrogens with zero attached hydrogens (tertiary/aromatic N) is 2. The number of hydrogen-bond donors (Lipinski definition) is 3. The van der Waals surface area contributed by atoms with E-state index in [9.17, 15) is 9.90 Å². The molecule has 3 N–H and O–H groups in total. The zero-order valence-corrected chi connectivity index (χ0v) is 17.7. The van der Waals surface area contributed by atoms with Crippen molar-refractivity contribution in [2.75, 3.05) is 27.2 Å². The average Bonchev–Trinajstić information content (AvgIpc) is 2.87. The van der Waals surface area contributed by atoms with Crippen LogP contribution in [0, 0.1) is 6.92 Å². The van der Waals surface area contributed by atoms with Crippen LogP contribution < -0.4 is 10.9 Å². The molecule has 0 radical (unpaired) electrons. The number of rotatable bonds is 5. The van der Waals surface area contributed by atoms with Gasteiger partial charge in [0.2, 0.25) is 0 Å². The van der Waals surface area contributed by atoms with E-state index in [1.807, 2.05) is 0 Å². The van der Waals surface area contributed by atoms with Crippen molar-refractivity contribution >= 4 is 10.9 Å². The highest BCUT2D eigenvalue weighted by atomic mass is 16.3. The second kappa shape index (κ2) is 7.69. The molecule has 0 amide bonds. The predicted molar refractivity (Wildman–Crippen MR) is 118 cm³/mol. The molecule has 0 saturated heterocycles. The van der Waals surface area contributed by atoms with E-state index in [0.717, 1.165) is 61.1 Å². The Hall–Kier alpha value is -2.57. The van der Waals surface area contributed by atoms with Gasteiger partial charge in [0, 0.05) is 54.4 Å². The lowest BCUT2D eigenvalue weighted by molar-refractivity contribution is 0.399. The molecule has 6 heteroatoms. The van der Waals surface area contributed by atoms with Crippen LogP contribution in [0.4, 0.5) is 0 Å². The number of benzene rings is 1. The summed E-state index contributed by atoms with van der Waals surface area (Å²) in [5.74, 6) is 0.149. The molecule has 6 nitrogen and oxygen atoms in total. The molecule has 4 rings (SSSR count). The van der Waals surface area contributed by atoms with Gasteiger partial charge in [-0.1, -0.05) is 0 Å². The van der Waals surface area contributed by atoms with Crippen LogP contribution in [0.5, 0.6) is 5.75 Å². The van der Waals surface area contributed by atoms with Crippen LogP contribution in [0.1, 0.15) is 28.8 Å². The molecule has 1 aliphatic carbocycles. The molecule has 0 aliphatic heterocycles. The van der Waals surface area contributed by atoms with E-state index >= 15 is 0 Å². The maximum absolute atomic E-state index is 12.3. The molecule has 0 saturated carbocycles. The van der Waals surface area contributed by atoms with E-state index < -0.39 is 0 Å². The molecule has 0 bridgehead atoms. The van der Waals surface area contributed by atoms with E-state index in [1.54, 1.807) is 6.92 Å². The fourth-order valence-electron chi connectivity index (χ4n) is 4.28. The lowest BCUT2D eigenvalue weighted by Crippen LogP contribution is -2.26. The summed E-state index contributed by atoms with van der Waals surface area (Å²) in [5.41, 5.74) is 6.53. The van der Waals surface area contributed by atoms with E-state index in [1.165, 1.54) is 16.8 Å². The van der Waals surface area contributed by atoms with Crippen LogP contribution in [0.3, 0.4) is 0 Å². The number of aromatic nitrogens is 2. The second-order valence-electron chi connectivity index (χ2n) is 8.38. The Balaban J connectivity index is 1.76. The van der Waals surface area contributed by atoms with Crippen molar-refractivity contribution in [3.63, 3.8) is 0 Å². The highest BCUT2D eigenvalue weighted by molar-refractivity contribution is 5.89. The largest absolute Gasteiger partial charge is 0.507 e. The number of fused-ring (bicyclic) bond motifs is 4. The first-order chi connectivity index (χ1) is 13.9. The summed E-state index contributed by atoms with van der Waals surface area (Å²) in [6.07, 6.45) is 2.65. The van der Waals surface area contributed by atoms with Crippen LogP contribution in [0.2, 0.25) is 0 Å². The molecule has 29 heavy (non-hydrogen) atoms. The van der Waals surface area contributed by atoms with Gasteiger partial charge in [-0.2, -0.15) is 0 Å². The van der Waals surface area contributed by atoms with Crippen LogP contribution in [0.15, 0.2) is 23.0 Å². The topological polar surface area (TPSA) is 73.3 Å². The molecule has 0 fully saturated rings. The summed E-state index contributed by atoms with van der Waals surface area (Å²) in [6.45, 7) is 4.44. The molecular weight excluding hydrogens is 364 g/mol. The number of aryl methyl sites for hydroxylation is 2. The Morgan fingerprint density at radius 2 is 2.03 bits per heavy atom. The van der Waals surface area contributed by atoms with Crippen molar-refractivity contribution in [1.82, 2.24) is 19.8 Å². The number of likely N-dealkylation sites (N-methyl/N-ethyl adjacent to an activating group) is 1. The van der Waals surface area contributed by atoms with Crippen molar-refractivity contribution in [2.45, 2.75) is 32.7 Å². The van der Waals surface area contributed by atoms with Crippen molar-refractivity contribution < 1.29 is 5.11 Å². The van der Waals surface area contributed by atoms with Gasteiger partial charge in [-0.3, -0.25) is 4.79 Å². The van der Waals surface area contributed by atoms with Gasteiger partial charge < -0.3 is 24.9 Å². The molecule has 3 aromatic rings. The molecule has 1 aliphatic rings. The summed E-state index contributed by atoms with van der Waals surface area (Å²) in [6, 6.07) is 6.64. The lowest BCUT2D eigenvalue weighted by atomic mass is 9.98. The van der Waals surface area contributed by atoms with Gasteiger partial charge in [0.05, 0.1) is 11.3 Å². The van der Waals surface area contributed by atoms with E-state index in [4.69, 9.17) is 0 Å². The van der Waals surface area contributed by atoms with E-state index in [0.29, 0.717) is 5.56 Å². The number of H-pyrrole nitrogens is 1.